The van der Waals surface area contributed by atoms with Gasteiger partial charge in [0.05, 0.1) is 22.8 Å². The van der Waals surface area contributed by atoms with Crippen molar-refractivity contribution in [2.75, 3.05) is 7.11 Å². The number of methoxy groups -OCH3 is 1. The van der Waals surface area contributed by atoms with E-state index >= 15 is 0 Å². The van der Waals surface area contributed by atoms with Crippen LogP contribution in [0.3, 0.4) is 0 Å². The van der Waals surface area contributed by atoms with Crippen molar-refractivity contribution in [2.45, 2.75) is 0 Å². The molecule has 0 fully saturated rings. The van der Waals surface area contributed by atoms with E-state index in [0.717, 1.165) is 16.6 Å². The second-order valence-electron chi connectivity index (χ2n) is 3.49. The zero-order valence-electron chi connectivity index (χ0n) is 9.12. The van der Waals surface area contributed by atoms with Crippen LogP contribution in [0.4, 0.5) is 0 Å². The molecule has 4 nitrogen and oxygen atoms in total. The zero-order valence-corrected chi connectivity index (χ0v) is 9.94. The third-order valence-corrected chi connectivity index (χ3v) is 3.27. The molecule has 0 radical (unpaired) electrons. The number of hydrogen-bond donors (Lipinski definition) is 0. The van der Waals surface area contributed by atoms with E-state index in [1.165, 1.54) is 4.70 Å². The first kappa shape index (κ1) is 10.2. The monoisotopic (exact) mass is 243 g/mol. The Morgan fingerprint density at radius 2 is 1.88 bits per heavy atom. The van der Waals surface area contributed by atoms with Gasteiger partial charge in [0.2, 0.25) is 0 Å². The van der Waals surface area contributed by atoms with Crippen LogP contribution in [0, 0.1) is 0 Å². The summed E-state index contributed by atoms with van der Waals surface area (Å²) in [5.74, 6) is 0. The highest BCUT2D eigenvalue weighted by atomic mass is 32.1. The summed E-state index contributed by atoms with van der Waals surface area (Å²) >= 11 is 1.63. The lowest BCUT2D eigenvalue weighted by atomic mass is 10.1. The van der Waals surface area contributed by atoms with E-state index in [1.807, 2.05) is 17.6 Å². The maximum Gasteiger partial charge on any atom is 0.316 e. The van der Waals surface area contributed by atoms with Gasteiger partial charge in [-0.1, -0.05) is 6.07 Å². The molecule has 84 valence electrons. The molecule has 0 aliphatic heterocycles. The molecule has 2 aromatic heterocycles. The summed E-state index contributed by atoms with van der Waals surface area (Å²) < 4.78 is 6.10. The summed E-state index contributed by atoms with van der Waals surface area (Å²) in [6, 6.07) is 6.50. The molecule has 0 aliphatic carbocycles. The normalized spacial score (nSPS) is 10.6. The predicted octanol–water partition coefficient (Wildman–Crippen LogP) is 2.76. The Hall–Kier alpha value is -2.01. The average molecular weight is 243 g/mol. The van der Waals surface area contributed by atoms with Crippen molar-refractivity contribution < 1.29 is 4.74 Å². The minimum atomic E-state index is 0.382. The Morgan fingerprint density at radius 3 is 2.65 bits per heavy atom. The summed E-state index contributed by atoms with van der Waals surface area (Å²) in [4.78, 5) is 12.4. The second kappa shape index (κ2) is 4.10. The molecule has 0 atom stereocenters. The molecule has 17 heavy (non-hydrogen) atoms. The molecule has 0 bridgehead atoms. The number of hydrogen-bond acceptors (Lipinski definition) is 5. The largest absolute Gasteiger partial charge is 0.467 e. The van der Waals surface area contributed by atoms with Crippen molar-refractivity contribution in [1.29, 1.82) is 0 Å². The Balaban J connectivity index is 2.06. The maximum absolute atomic E-state index is 4.93. The van der Waals surface area contributed by atoms with Gasteiger partial charge in [0.25, 0.3) is 0 Å². The average Bonchev–Trinajstić information content (AvgIpc) is 2.86. The fourth-order valence-electron chi connectivity index (χ4n) is 1.61. The predicted molar refractivity (Wildman–Crippen MR) is 67.2 cm³/mol. The third-order valence-electron chi connectivity index (χ3n) is 2.48. The maximum atomic E-state index is 4.93. The van der Waals surface area contributed by atoms with Gasteiger partial charge in [0.1, 0.15) is 0 Å². The van der Waals surface area contributed by atoms with E-state index in [2.05, 4.69) is 21.0 Å². The highest BCUT2D eigenvalue weighted by Gasteiger charge is 2.03. The highest BCUT2D eigenvalue weighted by molar-refractivity contribution is 7.16. The summed E-state index contributed by atoms with van der Waals surface area (Å²) in [6.07, 6.45) is 3.52. The van der Waals surface area contributed by atoms with E-state index in [-0.39, 0.29) is 0 Å². The molecule has 0 saturated heterocycles. The molecular weight excluding hydrogens is 234 g/mol. The van der Waals surface area contributed by atoms with Crippen molar-refractivity contribution in [1.82, 2.24) is 15.0 Å². The summed E-state index contributed by atoms with van der Waals surface area (Å²) in [5.41, 5.74) is 4.93. The molecule has 0 amide bonds. The molecule has 0 aliphatic rings. The van der Waals surface area contributed by atoms with Crippen LogP contribution in [0.2, 0.25) is 0 Å². The SMILES string of the molecule is COc1ncc(-c2ccc3ncsc3c2)cn1. The summed E-state index contributed by atoms with van der Waals surface area (Å²) in [7, 11) is 1.55. The molecule has 0 saturated carbocycles. The lowest BCUT2D eigenvalue weighted by Crippen LogP contribution is -1.91. The first-order valence-corrected chi connectivity index (χ1v) is 5.94. The number of benzene rings is 1. The van der Waals surface area contributed by atoms with E-state index in [9.17, 15) is 0 Å². The van der Waals surface area contributed by atoms with Crippen LogP contribution < -0.4 is 4.74 Å². The molecule has 0 unspecified atom stereocenters. The fraction of sp³-hybridized carbons (Fsp3) is 0.0833. The van der Waals surface area contributed by atoms with Gasteiger partial charge in [-0.05, 0) is 17.7 Å². The van der Waals surface area contributed by atoms with Crippen LogP contribution in [-0.2, 0) is 0 Å². The quantitative estimate of drug-likeness (QED) is 0.694. The number of rotatable bonds is 2. The van der Waals surface area contributed by atoms with Crippen molar-refractivity contribution in [2.24, 2.45) is 0 Å². The molecule has 3 rings (SSSR count). The number of thiazole rings is 1. The minimum Gasteiger partial charge on any atom is -0.467 e. The molecular formula is C12H9N3OS. The Kier molecular flexibility index (Phi) is 2.45. The molecule has 1 aromatic carbocycles. The van der Waals surface area contributed by atoms with E-state index in [4.69, 9.17) is 4.74 Å². The van der Waals surface area contributed by atoms with Gasteiger partial charge in [-0.15, -0.1) is 11.3 Å². The highest BCUT2D eigenvalue weighted by Crippen LogP contribution is 2.25. The number of aromatic nitrogens is 3. The lowest BCUT2D eigenvalue weighted by molar-refractivity contribution is 0.380. The number of fused-ring (bicyclic) bond motifs is 1. The van der Waals surface area contributed by atoms with Gasteiger partial charge in [-0.25, -0.2) is 15.0 Å². The van der Waals surface area contributed by atoms with Crippen molar-refractivity contribution in [3.8, 4) is 17.1 Å². The first-order valence-electron chi connectivity index (χ1n) is 5.06. The van der Waals surface area contributed by atoms with Gasteiger partial charge in [-0.2, -0.15) is 0 Å². The number of nitrogens with zero attached hydrogens (tertiary/aromatic N) is 3. The standard InChI is InChI=1S/C12H9N3OS/c1-16-12-13-5-9(6-14-12)8-2-3-10-11(4-8)17-7-15-10/h2-7H,1H3. The number of ether oxygens (including phenoxy) is 1. The second-order valence-corrected chi connectivity index (χ2v) is 4.38. The van der Waals surface area contributed by atoms with Crippen molar-refractivity contribution in [3.05, 3.63) is 36.1 Å². The lowest BCUT2D eigenvalue weighted by Gasteiger charge is -2.01. The van der Waals surface area contributed by atoms with Gasteiger partial charge >= 0.3 is 6.01 Å². The Labute approximate surface area is 102 Å². The topological polar surface area (TPSA) is 47.9 Å². The van der Waals surface area contributed by atoms with Gasteiger partial charge < -0.3 is 4.74 Å². The smallest absolute Gasteiger partial charge is 0.316 e. The van der Waals surface area contributed by atoms with E-state index < -0.39 is 0 Å². The van der Waals surface area contributed by atoms with Crippen LogP contribution in [0.5, 0.6) is 6.01 Å². The van der Waals surface area contributed by atoms with Gasteiger partial charge in [0, 0.05) is 18.0 Å². The molecule has 5 heteroatoms. The van der Waals surface area contributed by atoms with Crippen LogP contribution >= 0.6 is 11.3 Å². The van der Waals surface area contributed by atoms with Crippen LogP contribution in [0.15, 0.2) is 36.1 Å². The van der Waals surface area contributed by atoms with Crippen LogP contribution in [0.1, 0.15) is 0 Å². The van der Waals surface area contributed by atoms with Gasteiger partial charge in [-0.3, -0.25) is 0 Å². The van der Waals surface area contributed by atoms with E-state index in [1.54, 1.807) is 30.8 Å². The molecule has 0 N–H and O–H groups in total. The zero-order chi connectivity index (χ0) is 11.7. The third kappa shape index (κ3) is 1.85. The molecule has 3 aromatic rings. The Morgan fingerprint density at radius 1 is 1.06 bits per heavy atom. The first-order chi connectivity index (χ1) is 8.36. The van der Waals surface area contributed by atoms with Crippen molar-refractivity contribution in [3.63, 3.8) is 0 Å². The summed E-state index contributed by atoms with van der Waals surface area (Å²) in [5, 5.41) is 0. The van der Waals surface area contributed by atoms with Crippen molar-refractivity contribution >= 4 is 21.6 Å². The fourth-order valence-corrected chi connectivity index (χ4v) is 2.32. The Bertz CT molecular complexity index is 648. The van der Waals surface area contributed by atoms with Crippen LogP contribution in [0.25, 0.3) is 21.3 Å². The molecule has 2 heterocycles. The minimum absolute atomic E-state index is 0.382. The van der Waals surface area contributed by atoms with Crippen LogP contribution in [-0.4, -0.2) is 22.1 Å². The van der Waals surface area contributed by atoms with Gasteiger partial charge in [0.15, 0.2) is 0 Å². The van der Waals surface area contributed by atoms with E-state index in [0.29, 0.717) is 6.01 Å². The molecule has 0 spiro atoms. The summed E-state index contributed by atoms with van der Waals surface area (Å²) in [6.45, 7) is 0.